The van der Waals surface area contributed by atoms with E-state index in [-0.39, 0.29) is 0 Å². The predicted molar refractivity (Wildman–Crippen MR) is 39.8 cm³/mol. The fraction of sp³-hybridized carbons (Fsp3) is 0. The number of allylic oxidation sites excluding steroid dienone is 3. The number of hydrogen-bond acceptors (Lipinski definition) is 2. The van der Waals surface area contributed by atoms with Gasteiger partial charge in [0.15, 0.2) is 0 Å². The van der Waals surface area contributed by atoms with Gasteiger partial charge in [-0.1, -0.05) is 0 Å². The Hall–Kier alpha value is -0.320. The molecule has 0 atom stereocenters. The Kier molecular flexibility index (Phi) is 2.08. The van der Waals surface area contributed by atoms with Crippen LogP contribution >= 0.6 is 21.6 Å². The zero-order valence-corrected chi connectivity index (χ0v) is 6.36. The summed E-state index contributed by atoms with van der Waals surface area (Å²) in [5.74, 6) is 0.468. The summed E-state index contributed by atoms with van der Waals surface area (Å²) in [7, 11) is 0. The van der Waals surface area contributed by atoms with Crippen molar-refractivity contribution in [2.24, 2.45) is 0 Å². The molecule has 0 amide bonds. The summed E-state index contributed by atoms with van der Waals surface area (Å²) >= 11 is -0.463. The molecule has 0 fully saturated rings. The molecule has 1 aliphatic rings. The number of hydrogen-bond donors (Lipinski definition) is 0. The summed E-state index contributed by atoms with van der Waals surface area (Å²) in [4.78, 5) is 9.95. The van der Waals surface area contributed by atoms with Crippen LogP contribution < -0.4 is 0 Å². The first-order chi connectivity index (χ1) is 3.93. The van der Waals surface area contributed by atoms with Gasteiger partial charge < -0.3 is 0 Å². The molecule has 0 saturated heterocycles. The molecule has 0 saturated carbocycles. The molecule has 1 heterocycles. The van der Waals surface area contributed by atoms with Crippen LogP contribution in [0, 0.1) is 0 Å². The second-order valence-corrected chi connectivity index (χ2v) is 3.00. The number of carbonyl (C=O) groups excluding carboxylic acids is 1. The molecule has 0 bridgehead atoms. The van der Waals surface area contributed by atoms with Gasteiger partial charge in [0.05, 0.1) is 0 Å². The van der Waals surface area contributed by atoms with Crippen molar-refractivity contribution < 1.29 is 7.86 Å². The van der Waals surface area contributed by atoms with Crippen molar-refractivity contribution in [3.8, 4) is 0 Å². The van der Waals surface area contributed by atoms with Crippen LogP contribution in [0.1, 0.15) is 0 Å². The molecule has 2 nitrogen and oxygen atoms in total. The Morgan fingerprint density at radius 2 is 2.62 bits per heavy atom. The molecule has 0 radical (unpaired) electrons. The Labute approximate surface area is 58.0 Å². The van der Waals surface area contributed by atoms with Gasteiger partial charge in [0.25, 0.3) is 0 Å². The average molecular weight is 224 g/mol. The molecule has 0 aromatic heterocycles. The molecule has 0 unspecified atom stereocenters. The topological polar surface area (TPSA) is 26.3 Å². The molecule has 0 aromatic carbocycles. The van der Waals surface area contributed by atoms with Crippen LogP contribution in [-0.2, 0) is 7.86 Å². The van der Waals surface area contributed by atoms with Crippen molar-refractivity contribution in [2.45, 2.75) is 0 Å². The van der Waals surface area contributed by atoms with Crippen LogP contribution in [0.4, 0.5) is 0 Å². The minimum atomic E-state index is -0.463. The number of halogens is 1. The summed E-state index contributed by atoms with van der Waals surface area (Å²) in [6.07, 6.45) is 4.25. The van der Waals surface area contributed by atoms with E-state index in [9.17, 15) is 4.79 Å². The molecule has 1 rings (SSSR count). The van der Waals surface area contributed by atoms with E-state index in [1.165, 1.54) is 0 Å². The maximum absolute atomic E-state index is 9.95. The summed E-state index contributed by atoms with van der Waals surface area (Å²) in [6.45, 7) is 0. The zero-order valence-electron chi connectivity index (χ0n) is 4.03. The predicted octanol–water partition coefficient (Wildman–Crippen LogP) is 1.23. The second kappa shape index (κ2) is 2.86. The van der Waals surface area contributed by atoms with Crippen molar-refractivity contribution in [1.82, 2.24) is 0 Å². The van der Waals surface area contributed by atoms with Crippen molar-refractivity contribution >= 4 is 27.9 Å². The summed E-state index contributed by atoms with van der Waals surface area (Å²) in [6, 6.07) is 0. The third-order valence-corrected chi connectivity index (χ3v) is 2.24. The van der Waals surface area contributed by atoms with Crippen LogP contribution in [0.2, 0.25) is 0 Å². The van der Waals surface area contributed by atoms with Crippen LogP contribution in [0.25, 0.3) is 0 Å². The standard InChI is InChI=1S/C5H5IO2/c7-4-5-2-1-3-6-8-5/h1-4,6H. The zero-order chi connectivity index (χ0) is 5.82. The van der Waals surface area contributed by atoms with Gasteiger partial charge in [-0.05, 0) is 0 Å². The fourth-order valence-corrected chi connectivity index (χ4v) is 1.49. The van der Waals surface area contributed by atoms with Crippen molar-refractivity contribution in [3.63, 3.8) is 0 Å². The third-order valence-electron chi connectivity index (χ3n) is 0.655. The molecule has 0 N–H and O–H groups in total. The summed E-state index contributed by atoms with van der Waals surface area (Å²) < 4.78 is 6.93. The van der Waals surface area contributed by atoms with Gasteiger partial charge in [0.1, 0.15) is 0 Å². The van der Waals surface area contributed by atoms with Crippen molar-refractivity contribution in [3.05, 3.63) is 22.0 Å². The first kappa shape index (κ1) is 5.81. The molecule has 1 aliphatic heterocycles. The van der Waals surface area contributed by atoms with Crippen LogP contribution in [0.5, 0.6) is 0 Å². The van der Waals surface area contributed by atoms with Crippen LogP contribution in [0.3, 0.4) is 0 Å². The van der Waals surface area contributed by atoms with E-state index in [0.29, 0.717) is 5.76 Å². The van der Waals surface area contributed by atoms with E-state index in [1.807, 2.05) is 10.2 Å². The Morgan fingerprint density at radius 3 is 3.00 bits per heavy atom. The first-order valence-corrected chi connectivity index (χ1v) is 4.38. The van der Waals surface area contributed by atoms with Gasteiger partial charge in [0.2, 0.25) is 0 Å². The molecule has 3 heteroatoms. The maximum atomic E-state index is 9.95. The van der Waals surface area contributed by atoms with Gasteiger partial charge in [-0.15, -0.1) is 0 Å². The van der Waals surface area contributed by atoms with Gasteiger partial charge in [-0.2, -0.15) is 0 Å². The van der Waals surface area contributed by atoms with E-state index in [4.69, 9.17) is 3.07 Å². The van der Waals surface area contributed by atoms with E-state index in [0.717, 1.165) is 6.29 Å². The number of aldehydes is 1. The summed E-state index contributed by atoms with van der Waals surface area (Å²) in [5.41, 5.74) is 0. The molecule has 0 spiro atoms. The molecular weight excluding hydrogens is 219 g/mol. The number of rotatable bonds is 1. The van der Waals surface area contributed by atoms with Crippen molar-refractivity contribution in [2.75, 3.05) is 0 Å². The Morgan fingerprint density at radius 1 is 1.75 bits per heavy atom. The molecular formula is C5H5IO2. The molecule has 8 heavy (non-hydrogen) atoms. The van der Waals surface area contributed by atoms with Crippen molar-refractivity contribution in [1.29, 1.82) is 0 Å². The van der Waals surface area contributed by atoms with Crippen LogP contribution in [-0.4, -0.2) is 6.29 Å². The Balaban J connectivity index is 2.63. The third kappa shape index (κ3) is 1.33. The monoisotopic (exact) mass is 224 g/mol. The second-order valence-electron chi connectivity index (χ2n) is 1.19. The molecule has 44 valence electrons. The van der Waals surface area contributed by atoms with Gasteiger partial charge >= 0.3 is 57.8 Å². The SMILES string of the molecule is O=CC1=CC=C[IH]O1. The summed E-state index contributed by atoms with van der Waals surface area (Å²) in [5, 5.41) is 0. The average Bonchev–Trinajstić information content (AvgIpc) is 1.90. The number of carbonyl (C=O) groups is 1. The van der Waals surface area contributed by atoms with Crippen LogP contribution in [0.15, 0.2) is 22.0 Å². The van der Waals surface area contributed by atoms with E-state index in [2.05, 4.69) is 0 Å². The molecule has 0 aromatic rings. The molecule has 0 aliphatic carbocycles. The van der Waals surface area contributed by atoms with E-state index < -0.39 is 21.6 Å². The normalized spacial score (nSPS) is 17.8. The quantitative estimate of drug-likeness (QED) is 0.494. The fourth-order valence-electron chi connectivity index (χ4n) is 0.336. The van der Waals surface area contributed by atoms with Gasteiger partial charge in [0, 0.05) is 0 Å². The first-order valence-electron chi connectivity index (χ1n) is 2.09. The van der Waals surface area contributed by atoms with E-state index in [1.54, 1.807) is 6.08 Å². The minimum absolute atomic E-state index is 0.463. The Bertz CT molecular complexity index is 149. The van der Waals surface area contributed by atoms with Gasteiger partial charge in [-0.3, -0.25) is 0 Å². The van der Waals surface area contributed by atoms with Gasteiger partial charge in [-0.25, -0.2) is 0 Å². The van der Waals surface area contributed by atoms with E-state index >= 15 is 0 Å².